The Bertz CT molecular complexity index is 992. The van der Waals surface area contributed by atoms with Crippen LogP contribution >= 0.6 is 34.8 Å². The molecule has 0 saturated carbocycles. The van der Waals surface area contributed by atoms with Crippen molar-refractivity contribution >= 4 is 62.9 Å². The summed E-state index contributed by atoms with van der Waals surface area (Å²) in [4.78, 5) is 12.9. The highest BCUT2D eigenvalue weighted by Crippen LogP contribution is 2.45. The van der Waals surface area contributed by atoms with Gasteiger partial charge in [-0.15, -0.1) is 0 Å². The van der Waals surface area contributed by atoms with Crippen molar-refractivity contribution in [3.05, 3.63) is 33.5 Å². The van der Waals surface area contributed by atoms with Crippen LogP contribution in [-0.2, 0) is 11.4 Å². The largest absolute Gasteiger partial charge is 0.593 e. The molecule has 0 aliphatic rings. The Balaban J connectivity index is 2.34. The van der Waals surface area contributed by atoms with Crippen molar-refractivity contribution in [1.29, 1.82) is 0 Å². The monoisotopic (exact) mass is 446 g/mol. The quantitative estimate of drug-likeness (QED) is 0.458. The van der Waals surface area contributed by atoms with Crippen LogP contribution in [0.25, 0.3) is 22.3 Å². The maximum absolute atomic E-state index is 11.7. The van der Waals surface area contributed by atoms with Gasteiger partial charge in [-0.25, -0.2) is 15.0 Å². The SMILES string of the molecule is COc1cc(OC)c(Cl)c(-c2nc(N[S+](C)[O-])c3cc(Cl)ncc3n2)c1Cl. The summed E-state index contributed by atoms with van der Waals surface area (Å²) in [5.74, 6) is 1.18. The molecule has 0 amide bonds. The Morgan fingerprint density at radius 2 is 1.67 bits per heavy atom. The molecule has 1 unspecified atom stereocenters. The number of hydrogen-bond acceptors (Lipinski definition) is 7. The van der Waals surface area contributed by atoms with E-state index in [2.05, 4.69) is 19.7 Å². The number of pyridine rings is 1. The van der Waals surface area contributed by atoms with Gasteiger partial charge in [0.25, 0.3) is 0 Å². The topological polar surface area (TPSA) is 92.2 Å². The van der Waals surface area contributed by atoms with E-state index in [0.29, 0.717) is 33.8 Å². The molecule has 0 saturated heterocycles. The normalized spacial score (nSPS) is 12.1. The first-order valence-electron chi connectivity index (χ1n) is 7.39. The highest BCUT2D eigenvalue weighted by Gasteiger charge is 2.23. The zero-order valence-corrected chi connectivity index (χ0v) is 17.4. The van der Waals surface area contributed by atoms with Crippen molar-refractivity contribution in [2.75, 3.05) is 25.2 Å². The van der Waals surface area contributed by atoms with Crippen LogP contribution in [0.15, 0.2) is 18.3 Å². The molecule has 0 aliphatic heterocycles. The van der Waals surface area contributed by atoms with Gasteiger partial charge in [0.05, 0.1) is 58.3 Å². The molecule has 2 heterocycles. The van der Waals surface area contributed by atoms with Gasteiger partial charge in [0.2, 0.25) is 0 Å². The molecule has 0 spiro atoms. The first-order chi connectivity index (χ1) is 12.8. The molecule has 142 valence electrons. The van der Waals surface area contributed by atoms with E-state index in [1.807, 2.05) is 0 Å². The Hall–Kier alpha value is -1.71. The van der Waals surface area contributed by atoms with Crippen LogP contribution in [0.4, 0.5) is 5.82 Å². The lowest BCUT2D eigenvalue weighted by Crippen LogP contribution is -2.12. The minimum absolute atomic E-state index is 0.187. The van der Waals surface area contributed by atoms with Crippen molar-refractivity contribution in [3.8, 4) is 22.9 Å². The molecule has 0 fully saturated rings. The minimum atomic E-state index is -1.39. The highest BCUT2D eigenvalue weighted by atomic mass is 35.5. The van der Waals surface area contributed by atoms with Gasteiger partial charge >= 0.3 is 0 Å². The number of nitrogens with zero attached hydrogens (tertiary/aromatic N) is 3. The maximum Gasteiger partial charge on any atom is 0.182 e. The fourth-order valence-corrected chi connectivity index (χ4v) is 3.67. The van der Waals surface area contributed by atoms with Gasteiger partial charge in [-0.2, -0.15) is 4.72 Å². The van der Waals surface area contributed by atoms with Gasteiger partial charge in [0.15, 0.2) is 11.6 Å². The summed E-state index contributed by atoms with van der Waals surface area (Å²) < 4.78 is 25.1. The van der Waals surface area contributed by atoms with Crippen LogP contribution in [-0.4, -0.2) is 40.0 Å². The van der Waals surface area contributed by atoms with Crippen molar-refractivity contribution < 1.29 is 14.0 Å². The minimum Gasteiger partial charge on any atom is -0.593 e. The van der Waals surface area contributed by atoms with E-state index in [0.717, 1.165) is 0 Å². The summed E-state index contributed by atoms with van der Waals surface area (Å²) in [6, 6.07) is 3.14. The van der Waals surface area contributed by atoms with E-state index in [-0.39, 0.29) is 21.0 Å². The summed E-state index contributed by atoms with van der Waals surface area (Å²) >= 11 is 17.5. The molecule has 0 bridgehead atoms. The highest BCUT2D eigenvalue weighted by molar-refractivity contribution is 7.92. The van der Waals surface area contributed by atoms with Gasteiger partial charge in [-0.05, 0) is 6.07 Å². The van der Waals surface area contributed by atoms with Gasteiger partial charge in [0.1, 0.15) is 22.9 Å². The second kappa shape index (κ2) is 8.12. The van der Waals surface area contributed by atoms with E-state index in [1.165, 1.54) is 26.7 Å². The first-order valence-corrected chi connectivity index (χ1v) is 10.1. The number of rotatable bonds is 5. The Morgan fingerprint density at radius 1 is 1.04 bits per heavy atom. The number of methoxy groups -OCH3 is 2. The molecular formula is C16H13Cl3N4O3S. The van der Waals surface area contributed by atoms with Crippen LogP contribution in [0.2, 0.25) is 15.2 Å². The maximum atomic E-state index is 11.7. The average molecular weight is 448 g/mol. The Morgan fingerprint density at radius 3 is 2.22 bits per heavy atom. The first kappa shape index (κ1) is 20.0. The molecule has 7 nitrogen and oxygen atoms in total. The molecule has 0 aliphatic carbocycles. The lowest BCUT2D eigenvalue weighted by molar-refractivity contribution is 0.395. The number of ether oxygens (including phenoxy) is 2. The predicted molar refractivity (Wildman–Crippen MR) is 109 cm³/mol. The van der Waals surface area contributed by atoms with Gasteiger partial charge in [-0.1, -0.05) is 34.8 Å². The van der Waals surface area contributed by atoms with Gasteiger partial charge < -0.3 is 14.0 Å². The van der Waals surface area contributed by atoms with E-state index in [9.17, 15) is 4.55 Å². The second-order valence-electron chi connectivity index (χ2n) is 5.26. The molecule has 27 heavy (non-hydrogen) atoms. The standard InChI is InChI=1S/C16H13Cl3N4O3S/c1-25-9-5-10(26-2)14(19)12(13(9)18)16-21-8-6-20-11(17)4-7(8)15(22-16)23-27(3)24/h4-6H,1-3H3,(H,21,22,23). The number of fused-ring (bicyclic) bond motifs is 1. The van der Waals surface area contributed by atoms with Crippen LogP contribution < -0.4 is 14.2 Å². The number of halogens is 3. The summed E-state index contributed by atoms with van der Waals surface area (Å²) in [6.45, 7) is 0. The molecule has 2 aromatic heterocycles. The summed E-state index contributed by atoms with van der Waals surface area (Å²) in [6.07, 6.45) is 2.96. The van der Waals surface area contributed by atoms with Crippen molar-refractivity contribution in [2.24, 2.45) is 0 Å². The van der Waals surface area contributed by atoms with E-state index < -0.39 is 11.4 Å². The lowest BCUT2D eigenvalue weighted by atomic mass is 10.1. The van der Waals surface area contributed by atoms with Crippen LogP contribution in [0.1, 0.15) is 0 Å². The molecule has 0 radical (unpaired) electrons. The number of nitrogens with one attached hydrogen (secondary N) is 1. The number of anilines is 1. The average Bonchev–Trinajstić information content (AvgIpc) is 2.62. The van der Waals surface area contributed by atoms with Crippen molar-refractivity contribution in [2.45, 2.75) is 0 Å². The Kier molecular flexibility index (Phi) is 6.02. The lowest BCUT2D eigenvalue weighted by Gasteiger charge is -2.15. The molecular weight excluding hydrogens is 435 g/mol. The summed E-state index contributed by atoms with van der Waals surface area (Å²) in [5.41, 5.74) is 0.780. The summed E-state index contributed by atoms with van der Waals surface area (Å²) in [7, 11) is 2.94. The van der Waals surface area contributed by atoms with E-state index in [1.54, 1.807) is 12.1 Å². The fourth-order valence-electron chi connectivity index (χ4n) is 2.41. The zero-order valence-electron chi connectivity index (χ0n) is 14.3. The van der Waals surface area contributed by atoms with Crippen molar-refractivity contribution in [1.82, 2.24) is 15.0 Å². The van der Waals surface area contributed by atoms with Crippen molar-refractivity contribution in [3.63, 3.8) is 0 Å². The molecule has 1 N–H and O–H groups in total. The van der Waals surface area contributed by atoms with Gasteiger partial charge in [0, 0.05) is 6.07 Å². The van der Waals surface area contributed by atoms with Crippen LogP contribution in [0.3, 0.4) is 0 Å². The molecule has 3 aromatic rings. The van der Waals surface area contributed by atoms with Gasteiger partial charge in [-0.3, -0.25) is 0 Å². The number of benzene rings is 1. The molecule has 1 atom stereocenters. The third-order valence-corrected chi connectivity index (χ3v) is 5.02. The smallest absolute Gasteiger partial charge is 0.182 e. The number of hydrogen-bond donors (Lipinski definition) is 1. The van der Waals surface area contributed by atoms with E-state index >= 15 is 0 Å². The molecule has 3 rings (SSSR count). The zero-order chi connectivity index (χ0) is 19.7. The molecule has 1 aromatic carbocycles. The third-order valence-electron chi connectivity index (χ3n) is 3.59. The van der Waals surface area contributed by atoms with Crippen LogP contribution in [0.5, 0.6) is 11.5 Å². The molecule has 11 heteroatoms. The predicted octanol–water partition coefficient (Wildman–Crippen LogP) is 4.37. The van der Waals surface area contributed by atoms with Crippen LogP contribution in [0, 0.1) is 0 Å². The Labute approximate surface area is 173 Å². The summed E-state index contributed by atoms with van der Waals surface area (Å²) in [5, 5.41) is 1.24. The number of aromatic nitrogens is 3. The third kappa shape index (κ3) is 3.95. The second-order valence-corrected chi connectivity index (χ2v) is 7.52. The fraction of sp³-hybridized carbons (Fsp3) is 0.188. The van der Waals surface area contributed by atoms with E-state index in [4.69, 9.17) is 44.3 Å².